The topological polar surface area (TPSA) is 98.1 Å². The molecule has 1 rings (SSSR count). The molecule has 1 aliphatic rings. The molecule has 90 valence electrons. The van der Waals surface area contributed by atoms with Crippen molar-refractivity contribution in [2.45, 2.75) is 18.9 Å². The smallest absolute Gasteiger partial charge is 0.321 e. The standard InChI is InChI=1S/C9H16N4O2S/c10-13-12-4-1-3-11-8(9(14)15)7-2-5-16-6-7/h7-8,11H,1-6H2,(H,14,15). The van der Waals surface area contributed by atoms with E-state index in [0.29, 0.717) is 19.5 Å². The van der Waals surface area contributed by atoms with Crippen LogP contribution >= 0.6 is 11.8 Å². The number of hydrogen-bond acceptors (Lipinski definition) is 4. The van der Waals surface area contributed by atoms with E-state index in [0.717, 1.165) is 17.9 Å². The molecule has 0 saturated carbocycles. The Balaban J connectivity index is 2.27. The molecule has 0 radical (unpaired) electrons. The highest BCUT2D eigenvalue weighted by molar-refractivity contribution is 7.99. The third-order valence-electron chi connectivity index (χ3n) is 2.56. The first-order chi connectivity index (χ1) is 7.75. The van der Waals surface area contributed by atoms with Gasteiger partial charge in [-0.2, -0.15) is 11.8 Å². The van der Waals surface area contributed by atoms with E-state index in [2.05, 4.69) is 15.3 Å². The average Bonchev–Trinajstić information content (AvgIpc) is 2.76. The van der Waals surface area contributed by atoms with E-state index < -0.39 is 12.0 Å². The maximum atomic E-state index is 11.1. The first kappa shape index (κ1) is 13.2. The molecule has 0 spiro atoms. The van der Waals surface area contributed by atoms with Crippen LogP contribution in [0.3, 0.4) is 0 Å². The second-order valence-electron chi connectivity index (χ2n) is 3.70. The Morgan fingerprint density at radius 3 is 3.12 bits per heavy atom. The zero-order valence-electron chi connectivity index (χ0n) is 9.00. The number of thioether (sulfide) groups is 1. The summed E-state index contributed by atoms with van der Waals surface area (Å²) in [4.78, 5) is 13.7. The van der Waals surface area contributed by atoms with Crippen molar-refractivity contribution in [2.75, 3.05) is 24.6 Å². The van der Waals surface area contributed by atoms with E-state index in [1.54, 1.807) is 11.8 Å². The van der Waals surface area contributed by atoms with Gasteiger partial charge in [0.15, 0.2) is 0 Å². The highest BCUT2D eigenvalue weighted by Crippen LogP contribution is 2.26. The molecule has 6 nitrogen and oxygen atoms in total. The van der Waals surface area contributed by atoms with E-state index in [1.807, 2.05) is 0 Å². The number of rotatable bonds is 7. The molecule has 1 heterocycles. The first-order valence-electron chi connectivity index (χ1n) is 5.30. The third-order valence-corrected chi connectivity index (χ3v) is 3.75. The predicted molar refractivity (Wildman–Crippen MR) is 63.5 cm³/mol. The number of carbonyl (C=O) groups is 1. The predicted octanol–water partition coefficient (Wildman–Crippen LogP) is 1.48. The molecule has 1 saturated heterocycles. The molecule has 2 N–H and O–H groups in total. The van der Waals surface area contributed by atoms with Gasteiger partial charge in [0.2, 0.25) is 0 Å². The maximum Gasteiger partial charge on any atom is 0.321 e. The molecule has 0 bridgehead atoms. The van der Waals surface area contributed by atoms with Gasteiger partial charge in [-0.1, -0.05) is 5.11 Å². The summed E-state index contributed by atoms with van der Waals surface area (Å²) < 4.78 is 0. The molecular formula is C9H16N4O2S. The Bertz CT molecular complexity index is 275. The minimum atomic E-state index is -0.781. The monoisotopic (exact) mass is 244 g/mol. The number of nitrogens with zero attached hydrogens (tertiary/aromatic N) is 3. The average molecular weight is 244 g/mol. The molecular weight excluding hydrogens is 228 g/mol. The van der Waals surface area contributed by atoms with E-state index in [4.69, 9.17) is 10.6 Å². The minimum Gasteiger partial charge on any atom is -0.480 e. The van der Waals surface area contributed by atoms with E-state index in [9.17, 15) is 4.79 Å². The van der Waals surface area contributed by atoms with Crippen molar-refractivity contribution < 1.29 is 9.90 Å². The normalized spacial score (nSPS) is 21.4. The summed E-state index contributed by atoms with van der Waals surface area (Å²) >= 11 is 1.81. The van der Waals surface area contributed by atoms with Gasteiger partial charge in [0.1, 0.15) is 6.04 Å². The van der Waals surface area contributed by atoms with E-state index in [-0.39, 0.29) is 5.92 Å². The molecule has 16 heavy (non-hydrogen) atoms. The maximum absolute atomic E-state index is 11.1. The number of carboxylic acid groups (broad SMARTS) is 1. The Hall–Kier alpha value is -0.910. The highest BCUT2D eigenvalue weighted by atomic mass is 32.2. The molecule has 7 heteroatoms. The van der Waals surface area contributed by atoms with Crippen molar-refractivity contribution in [3.05, 3.63) is 10.4 Å². The quantitative estimate of drug-likeness (QED) is 0.307. The Kier molecular flexibility index (Phi) is 6.07. The minimum absolute atomic E-state index is 0.224. The fraction of sp³-hybridized carbons (Fsp3) is 0.889. The van der Waals surface area contributed by atoms with Crippen molar-refractivity contribution >= 4 is 17.7 Å². The fourth-order valence-corrected chi connectivity index (χ4v) is 3.02. The zero-order chi connectivity index (χ0) is 11.8. The van der Waals surface area contributed by atoms with Gasteiger partial charge in [-0.05, 0) is 42.3 Å². The number of azide groups is 1. The number of hydrogen-bond donors (Lipinski definition) is 2. The molecule has 1 aliphatic heterocycles. The Morgan fingerprint density at radius 2 is 2.56 bits per heavy atom. The summed E-state index contributed by atoms with van der Waals surface area (Å²) in [6, 6.07) is -0.457. The molecule has 0 aromatic heterocycles. The SMILES string of the molecule is [N-]=[N+]=NCCCNC(C(=O)O)C1CCSC1. The largest absolute Gasteiger partial charge is 0.480 e. The van der Waals surface area contributed by atoms with Gasteiger partial charge in [-0.25, -0.2) is 0 Å². The summed E-state index contributed by atoms with van der Waals surface area (Å²) in [6.45, 7) is 0.992. The first-order valence-corrected chi connectivity index (χ1v) is 6.46. The van der Waals surface area contributed by atoms with Crippen LogP contribution in [0.15, 0.2) is 5.11 Å². The third kappa shape index (κ3) is 4.30. The molecule has 0 aromatic carbocycles. The van der Waals surface area contributed by atoms with Gasteiger partial charge in [-0.15, -0.1) is 0 Å². The van der Waals surface area contributed by atoms with Gasteiger partial charge in [0.05, 0.1) is 0 Å². The van der Waals surface area contributed by atoms with Crippen LogP contribution in [0.5, 0.6) is 0 Å². The number of nitrogens with one attached hydrogen (secondary N) is 1. The summed E-state index contributed by atoms with van der Waals surface area (Å²) in [5.74, 6) is 1.41. The summed E-state index contributed by atoms with van der Waals surface area (Å²) in [6.07, 6.45) is 1.64. The summed E-state index contributed by atoms with van der Waals surface area (Å²) in [5.41, 5.74) is 8.08. The van der Waals surface area contributed by atoms with Crippen LogP contribution < -0.4 is 5.32 Å². The number of carboxylic acids is 1. The number of aliphatic carboxylic acids is 1. The van der Waals surface area contributed by atoms with Gasteiger partial charge < -0.3 is 10.4 Å². The lowest BCUT2D eigenvalue weighted by atomic mass is 9.99. The second-order valence-corrected chi connectivity index (χ2v) is 4.85. The van der Waals surface area contributed by atoms with Crippen LogP contribution in [0.2, 0.25) is 0 Å². The van der Waals surface area contributed by atoms with Gasteiger partial charge in [-0.3, -0.25) is 4.79 Å². The summed E-state index contributed by atoms with van der Waals surface area (Å²) in [7, 11) is 0. The van der Waals surface area contributed by atoms with Gasteiger partial charge in [0, 0.05) is 11.5 Å². The van der Waals surface area contributed by atoms with Gasteiger partial charge >= 0.3 is 5.97 Å². The van der Waals surface area contributed by atoms with Crippen molar-refractivity contribution in [3.63, 3.8) is 0 Å². The molecule has 0 amide bonds. The second kappa shape index (κ2) is 7.38. The summed E-state index contributed by atoms with van der Waals surface area (Å²) in [5, 5.41) is 15.5. The van der Waals surface area contributed by atoms with E-state index in [1.165, 1.54) is 0 Å². The molecule has 2 atom stereocenters. The van der Waals surface area contributed by atoms with Crippen molar-refractivity contribution in [2.24, 2.45) is 11.0 Å². The molecule has 1 fully saturated rings. The Morgan fingerprint density at radius 1 is 1.75 bits per heavy atom. The lowest BCUT2D eigenvalue weighted by Gasteiger charge is -2.19. The van der Waals surface area contributed by atoms with Crippen molar-refractivity contribution in [1.82, 2.24) is 5.32 Å². The van der Waals surface area contributed by atoms with Crippen molar-refractivity contribution in [1.29, 1.82) is 0 Å². The van der Waals surface area contributed by atoms with Crippen molar-refractivity contribution in [3.8, 4) is 0 Å². The van der Waals surface area contributed by atoms with Crippen LogP contribution in [0.4, 0.5) is 0 Å². The molecule has 0 aliphatic carbocycles. The van der Waals surface area contributed by atoms with Crippen LogP contribution in [0.25, 0.3) is 10.4 Å². The molecule has 0 aromatic rings. The zero-order valence-corrected chi connectivity index (χ0v) is 9.82. The molecule has 2 unspecified atom stereocenters. The van der Waals surface area contributed by atoms with Crippen LogP contribution in [0, 0.1) is 5.92 Å². The van der Waals surface area contributed by atoms with Crippen LogP contribution in [0.1, 0.15) is 12.8 Å². The lowest BCUT2D eigenvalue weighted by molar-refractivity contribution is -0.140. The highest BCUT2D eigenvalue weighted by Gasteiger charge is 2.30. The lowest BCUT2D eigenvalue weighted by Crippen LogP contribution is -2.43. The Labute approximate surface area is 98.4 Å². The van der Waals surface area contributed by atoms with Crippen LogP contribution in [-0.4, -0.2) is 41.7 Å². The van der Waals surface area contributed by atoms with Crippen LogP contribution in [-0.2, 0) is 4.79 Å². The van der Waals surface area contributed by atoms with Gasteiger partial charge in [0.25, 0.3) is 0 Å². The fourth-order valence-electron chi connectivity index (χ4n) is 1.72. The van der Waals surface area contributed by atoms with E-state index >= 15 is 0 Å².